The average molecular weight is 232 g/mol. The van der Waals surface area contributed by atoms with Gasteiger partial charge in [0.25, 0.3) is 0 Å². The molecular weight excluding hydrogens is 208 g/mol. The van der Waals surface area contributed by atoms with Gasteiger partial charge in [0.1, 0.15) is 0 Å². The molecule has 0 bridgehead atoms. The van der Waals surface area contributed by atoms with Crippen LogP contribution in [-0.2, 0) is 5.41 Å². The summed E-state index contributed by atoms with van der Waals surface area (Å²) in [7, 11) is 0. The zero-order valence-electron chi connectivity index (χ0n) is 11.5. The molecule has 2 rings (SSSR count). The highest BCUT2D eigenvalue weighted by molar-refractivity contribution is 5.57. The molecule has 2 heteroatoms. The van der Waals surface area contributed by atoms with Crippen LogP contribution in [0.5, 0.6) is 0 Å². The lowest BCUT2D eigenvalue weighted by molar-refractivity contribution is 0.494. The largest absolute Gasteiger partial charge is 0.366 e. The second-order valence-electron chi connectivity index (χ2n) is 6.01. The van der Waals surface area contributed by atoms with Crippen LogP contribution >= 0.6 is 0 Å². The molecular formula is C15H24N2. The van der Waals surface area contributed by atoms with Gasteiger partial charge in [-0.3, -0.25) is 0 Å². The van der Waals surface area contributed by atoms with E-state index < -0.39 is 0 Å². The Hall–Kier alpha value is -1.02. The van der Waals surface area contributed by atoms with Crippen LogP contribution in [0.3, 0.4) is 0 Å². The molecule has 1 aromatic rings. The van der Waals surface area contributed by atoms with Crippen molar-refractivity contribution in [2.75, 3.05) is 24.5 Å². The van der Waals surface area contributed by atoms with E-state index in [9.17, 15) is 0 Å². The molecule has 1 atom stereocenters. The first kappa shape index (κ1) is 12.4. The number of rotatable bonds is 1. The number of benzene rings is 1. The van der Waals surface area contributed by atoms with Crippen LogP contribution in [0, 0.1) is 0 Å². The molecule has 1 heterocycles. The topological polar surface area (TPSA) is 15.3 Å². The van der Waals surface area contributed by atoms with Crippen molar-refractivity contribution in [1.82, 2.24) is 5.32 Å². The molecule has 1 N–H and O–H groups in total. The summed E-state index contributed by atoms with van der Waals surface area (Å²) in [5, 5.41) is 3.45. The standard InChI is InChI=1S/C15H24N2/c1-12-11-16-9-10-17(12)14-8-6-5-7-13(14)15(2,3)4/h5-8,12,16H,9-11H2,1-4H3. The lowest BCUT2D eigenvalue weighted by Gasteiger charge is -2.39. The van der Waals surface area contributed by atoms with Gasteiger partial charge in [0.05, 0.1) is 0 Å². The maximum Gasteiger partial charge on any atom is 0.0407 e. The van der Waals surface area contributed by atoms with Gasteiger partial charge in [-0.25, -0.2) is 0 Å². The van der Waals surface area contributed by atoms with Crippen molar-refractivity contribution in [2.24, 2.45) is 0 Å². The van der Waals surface area contributed by atoms with E-state index >= 15 is 0 Å². The summed E-state index contributed by atoms with van der Waals surface area (Å²) in [6.07, 6.45) is 0. The maximum atomic E-state index is 3.45. The molecule has 1 saturated heterocycles. The van der Waals surface area contributed by atoms with E-state index in [1.165, 1.54) is 11.3 Å². The molecule has 0 saturated carbocycles. The normalized spacial score (nSPS) is 21.6. The third kappa shape index (κ3) is 2.63. The molecule has 1 unspecified atom stereocenters. The summed E-state index contributed by atoms with van der Waals surface area (Å²) in [5.41, 5.74) is 3.07. The van der Waals surface area contributed by atoms with Crippen molar-refractivity contribution < 1.29 is 0 Å². The van der Waals surface area contributed by atoms with Crippen molar-refractivity contribution in [3.05, 3.63) is 29.8 Å². The smallest absolute Gasteiger partial charge is 0.0407 e. The second-order valence-corrected chi connectivity index (χ2v) is 6.01. The molecule has 17 heavy (non-hydrogen) atoms. The Morgan fingerprint density at radius 1 is 1.24 bits per heavy atom. The molecule has 2 nitrogen and oxygen atoms in total. The lowest BCUT2D eigenvalue weighted by atomic mass is 9.85. The summed E-state index contributed by atoms with van der Waals surface area (Å²) in [6.45, 7) is 12.4. The van der Waals surface area contributed by atoms with Crippen molar-refractivity contribution in [3.63, 3.8) is 0 Å². The van der Waals surface area contributed by atoms with Gasteiger partial charge in [-0.15, -0.1) is 0 Å². The number of nitrogens with one attached hydrogen (secondary N) is 1. The fourth-order valence-electron chi connectivity index (χ4n) is 2.56. The fraction of sp³-hybridized carbons (Fsp3) is 0.600. The summed E-state index contributed by atoms with van der Waals surface area (Å²) in [6, 6.07) is 9.41. The third-order valence-electron chi connectivity index (χ3n) is 3.52. The first-order valence-corrected chi connectivity index (χ1v) is 6.57. The molecule has 1 aromatic carbocycles. The van der Waals surface area contributed by atoms with Gasteiger partial charge in [-0.05, 0) is 24.0 Å². The van der Waals surface area contributed by atoms with E-state index in [0.717, 1.165) is 19.6 Å². The van der Waals surface area contributed by atoms with Crippen molar-refractivity contribution in [1.29, 1.82) is 0 Å². The predicted molar refractivity (Wildman–Crippen MR) is 74.8 cm³/mol. The molecule has 0 radical (unpaired) electrons. The van der Waals surface area contributed by atoms with Crippen molar-refractivity contribution >= 4 is 5.69 Å². The Bertz CT molecular complexity index is 379. The summed E-state index contributed by atoms with van der Waals surface area (Å²) >= 11 is 0. The number of nitrogens with zero attached hydrogens (tertiary/aromatic N) is 1. The Morgan fingerprint density at radius 3 is 2.59 bits per heavy atom. The number of piperazine rings is 1. The fourth-order valence-corrected chi connectivity index (χ4v) is 2.56. The van der Waals surface area contributed by atoms with Gasteiger partial charge >= 0.3 is 0 Å². The number of hydrogen-bond acceptors (Lipinski definition) is 2. The van der Waals surface area contributed by atoms with Crippen molar-refractivity contribution in [3.8, 4) is 0 Å². The van der Waals surface area contributed by atoms with Gasteiger partial charge < -0.3 is 10.2 Å². The molecule has 0 amide bonds. The highest BCUT2D eigenvalue weighted by Crippen LogP contribution is 2.32. The van der Waals surface area contributed by atoms with E-state index in [1.54, 1.807) is 0 Å². The zero-order valence-corrected chi connectivity index (χ0v) is 11.5. The quantitative estimate of drug-likeness (QED) is 0.801. The molecule has 94 valence electrons. The van der Waals surface area contributed by atoms with Crippen LogP contribution in [0.2, 0.25) is 0 Å². The third-order valence-corrected chi connectivity index (χ3v) is 3.52. The first-order chi connectivity index (χ1) is 8.00. The van der Waals surface area contributed by atoms with Gasteiger partial charge in [-0.2, -0.15) is 0 Å². The minimum absolute atomic E-state index is 0.210. The first-order valence-electron chi connectivity index (χ1n) is 6.57. The molecule has 1 fully saturated rings. The Labute approximate surface area is 105 Å². The molecule has 1 aliphatic rings. The van der Waals surface area contributed by atoms with Gasteiger partial charge in [0.2, 0.25) is 0 Å². The highest BCUT2D eigenvalue weighted by atomic mass is 15.2. The predicted octanol–water partition coefficient (Wildman–Crippen LogP) is 2.78. The van der Waals surface area contributed by atoms with Crippen LogP contribution in [0.25, 0.3) is 0 Å². The maximum absolute atomic E-state index is 3.45. The van der Waals surface area contributed by atoms with Crippen LogP contribution in [0.15, 0.2) is 24.3 Å². The Kier molecular flexibility index (Phi) is 3.43. The SMILES string of the molecule is CC1CNCCN1c1ccccc1C(C)(C)C. The van der Waals surface area contributed by atoms with Crippen LogP contribution in [-0.4, -0.2) is 25.7 Å². The highest BCUT2D eigenvalue weighted by Gasteiger charge is 2.24. The van der Waals surface area contributed by atoms with Gasteiger partial charge in [-0.1, -0.05) is 39.0 Å². The molecule has 0 spiro atoms. The van der Waals surface area contributed by atoms with E-state index in [0.29, 0.717) is 6.04 Å². The van der Waals surface area contributed by atoms with Gasteiger partial charge in [0.15, 0.2) is 0 Å². The number of para-hydroxylation sites is 1. The van der Waals surface area contributed by atoms with E-state index in [4.69, 9.17) is 0 Å². The second kappa shape index (κ2) is 4.69. The van der Waals surface area contributed by atoms with Crippen LogP contribution in [0.1, 0.15) is 33.3 Å². The van der Waals surface area contributed by atoms with Crippen molar-refractivity contribution in [2.45, 2.75) is 39.2 Å². The van der Waals surface area contributed by atoms with Crippen LogP contribution in [0.4, 0.5) is 5.69 Å². The minimum Gasteiger partial charge on any atom is -0.366 e. The van der Waals surface area contributed by atoms with E-state index in [1.807, 2.05) is 0 Å². The Balaban J connectivity index is 2.37. The Morgan fingerprint density at radius 2 is 1.94 bits per heavy atom. The molecule has 0 aromatic heterocycles. The molecule has 0 aliphatic carbocycles. The average Bonchev–Trinajstić information content (AvgIpc) is 2.28. The van der Waals surface area contributed by atoms with E-state index in [-0.39, 0.29) is 5.41 Å². The molecule has 1 aliphatic heterocycles. The summed E-state index contributed by atoms with van der Waals surface area (Å²) < 4.78 is 0. The monoisotopic (exact) mass is 232 g/mol. The number of hydrogen-bond donors (Lipinski definition) is 1. The zero-order chi connectivity index (χ0) is 12.5. The minimum atomic E-state index is 0.210. The lowest BCUT2D eigenvalue weighted by Crippen LogP contribution is -2.50. The van der Waals surface area contributed by atoms with E-state index in [2.05, 4.69) is 62.2 Å². The van der Waals surface area contributed by atoms with Crippen LogP contribution < -0.4 is 10.2 Å². The summed E-state index contributed by atoms with van der Waals surface area (Å²) in [5.74, 6) is 0. The number of anilines is 1. The van der Waals surface area contributed by atoms with Gasteiger partial charge in [0, 0.05) is 31.4 Å². The summed E-state index contributed by atoms with van der Waals surface area (Å²) in [4.78, 5) is 2.54.